The molecule has 1 fully saturated rings. The molecule has 0 aliphatic carbocycles. The highest BCUT2D eigenvalue weighted by Gasteiger charge is 2.26. The normalized spacial score (nSPS) is 14.0. The highest BCUT2D eigenvalue weighted by Crippen LogP contribution is 2.40. The zero-order valence-electron chi connectivity index (χ0n) is 28.1. The van der Waals surface area contributed by atoms with Crippen LogP contribution in [0.25, 0.3) is 21.5 Å². The number of likely N-dealkylation sites (N-methyl/N-ethyl adjacent to an activating group) is 1. The molecule has 2 aliphatic heterocycles. The lowest BCUT2D eigenvalue weighted by molar-refractivity contribution is 0.0682. The molecule has 0 spiro atoms. The molecule has 0 unspecified atom stereocenters. The molecule has 1 saturated heterocycles. The van der Waals surface area contributed by atoms with Gasteiger partial charge in [-0.3, -0.25) is 0 Å². The fraction of sp³-hybridized carbons (Fsp3) is 0.146. The monoisotopic (exact) mass is 715 g/mol. The second-order valence-electron chi connectivity index (χ2n) is 12.7. The molecule has 8 rings (SSSR count). The summed E-state index contributed by atoms with van der Waals surface area (Å²) in [6.45, 7) is 3.95. The third-order valence-electron chi connectivity index (χ3n) is 9.36. The first kappa shape index (κ1) is 34.4. The van der Waals surface area contributed by atoms with E-state index in [9.17, 15) is 30.0 Å². The second kappa shape index (κ2) is 14.3. The number of fused-ring (bicyclic) bond motifs is 4. The van der Waals surface area contributed by atoms with Gasteiger partial charge in [0, 0.05) is 48.7 Å². The van der Waals surface area contributed by atoms with Gasteiger partial charge in [0.2, 0.25) is 0 Å². The number of piperazine rings is 1. The number of amidine groups is 1. The van der Waals surface area contributed by atoms with Gasteiger partial charge >= 0.3 is 11.9 Å². The maximum Gasteiger partial charge on any atom is 0.339 e. The number of nitrogens with zero attached hydrogens (tertiary/aromatic N) is 3. The van der Waals surface area contributed by atoms with Crippen LogP contribution in [-0.4, -0.2) is 81.2 Å². The van der Waals surface area contributed by atoms with Crippen LogP contribution < -0.4 is 4.74 Å². The topological polar surface area (TPSA) is 143 Å². The number of phenols is 2. The molecule has 52 heavy (non-hydrogen) atoms. The molecule has 10 nitrogen and oxygen atoms in total. The van der Waals surface area contributed by atoms with Crippen LogP contribution >= 0.6 is 11.6 Å². The molecule has 0 radical (unpaired) electrons. The number of aromatic carboxylic acids is 2. The van der Waals surface area contributed by atoms with Gasteiger partial charge in [0.05, 0.1) is 5.56 Å². The van der Waals surface area contributed by atoms with Gasteiger partial charge in [-0.1, -0.05) is 72.3 Å². The fourth-order valence-electron chi connectivity index (χ4n) is 6.64. The zero-order valence-corrected chi connectivity index (χ0v) is 28.8. The number of ether oxygens (including phenoxy) is 1. The predicted octanol–water partition coefficient (Wildman–Crippen LogP) is 8.16. The number of halogens is 1. The number of hydrogen-bond acceptors (Lipinski definition) is 8. The number of hydrogen-bond donors (Lipinski definition) is 4. The van der Waals surface area contributed by atoms with E-state index in [1.165, 1.54) is 12.1 Å². The van der Waals surface area contributed by atoms with Crippen LogP contribution in [0.1, 0.15) is 37.4 Å². The number of para-hydroxylation sites is 2. The molecule has 0 aromatic heterocycles. The van der Waals surface area contributed by atoms with Crippen LogP contribution in [0.4, 0.5) is 5.69 Å². The Balaban J connectivity index is 0.000000166. The minimum absolute atomic E-state index is 0.0407. The van der Waals surface area contributed by atoms with Crippen molar-refractivity contribution in [1.29, 1.82) is 0 Å². The first-order valence-corrected chi connectivity index (χ1v) is 17.0. The molecule has 2 heterocycles. The van der Waals surface area contributed by atoms with Crippen molar-refractivity contribution >= 4 is 56.6 Å². The van der Waals surface area contributed by atoms with Crippen LogP contribution in [0, 0.1) is 0 Å². The molecule has 11 heteroatoms. The average Bonchev–Trinajstić information content (AvgIpc) is 3.30. The number of benzene rings is 6. The first-order chi connectivity index (χ1) is 25.1. The largest absolute Gasteiger partial charge is 0.507 e. The maximum atomic E-state index is 11.6. The quantitative estimate of drug-likeness (QED) is 0.142. The van der Waals surface area contributed by atoms with Gasteiger partial charge in [0.15, 0.2) is 5.75 Å². The Labute approximate surface area is 304 Å². The van der Waals surface area contributed by atoms with Crippen molar-refractivity contribution in [2.75, 3.05) is 33.2 Å². The number of rotatable bonds is 4. The van der Waals surface area contributed by atoms with Crippen molar-refractivity contribution in [3.8, 4) is 23.0 Å². The second-order valence-corrected chi connectivity index (χ2v) is 13.1. The van der Waals surface area contributed by atoms with E-state index in [-0.39, 0.29) is 17.5 Å². The maximum absolute atomic E-state index is 11.6. The van der Waals surface area contributed by atoms with Crippen LogP contribution in [0.2, 0.25) is 5.02 Å². The van der Waals surface area contributed by atoms with Crippen molar-refractivity contribution in [3.63, 3.8) is 0 Å². The summed E-state index contributed by atoms with van der Waals surface area (Å²) in [5.41, 5.74) is 1.92. The van der Waals surface area contributed by atoms with E-state index in [0.717, 1.165) is 54.8 Å². The summed E-state index contributed by atoms with van der Waals surface area (Å²) < 4.78 is 6.09. The Hall–Kier alpha value is -6.10. The summed E-state index contributed by atoms with van der Waals surface area (Å²) in [6, 6.07) is 30.4. The zero-order chi connectivity index (χ0) is 36.5. The molecule has 0 saturated carbocycles. The highest BCUT2D eigenvalue weighted by atomic mass is 35.5. The molecular formula is C41H34ClN3O7. The lowest BCUT2D eigenvalue weighted by Crippen LogP contribution is -2.47. The van der Waals surface area contributed by atoms with Gasteiger partial charge in [0.25, 0.3) is 0 Å². The summed E-state index contributed by atoms with van der Waals surface area (Å²) in [5.74, 6) is -0.829. The lowest BCUT2D eigenvalue weighted by Gasteiger charge is -2.34. The number of carbonyl (C=O) groups is 2. The Morgan fingerprint density at radius 3 is 1.83 bits per heavy atom. The number of carboxylic acid groups (broad SMARTS) is 2. The van der Waals surface area contributed by atoms with Crippen LogP contribution in [-0.2, 0) is 6.42 Å². The predicted molar refractivity (Wildman–Crippen MR) is 201 cm³/mol. The third kappa shape index (κ3) is 6.69. The molecule has 262 valence electrons. The fourth-order valence-corrected chi connectivity index (χ4v) is 6.81. The average molecular weight is 716 g/mol. The Morgan fingerprint density at radius 1 is 0.712 bits per heavy atom. The van der Waals surface area contributed by atoms with Gasteiger partial charge < -0.3 is 35.0 Å². The molecular weight excluding hydrogens is 682 g/mol. The van der Waals surface area contributed by atoms with E-state index in [1.807, 2.05) is 42.5 Å². The van der Waals surface area contributed by atoms with Crippen LogP contribution in [0.5, 0.6) is 23.0 Å². The molecule has 2 aliphatic rings. The van der Waals surface area contributed by atoms with Gasteiger partial charge in [-0.25, -0.2) is 14.6 Å². The molecule has 0 bridgehead atoms. The van der Waals surface area contributed by atoms with E-state index in [0.29, 0.717) is 37.7 Å². The summed E-state index contributed by atoms with van der Waals surface area (Å²) in [5, 5.41) is 43.5. The van der Waals surface area contributed by atoms with E-state index < -0.39 is 23.4 Å². The molecule has 6 aromatic rings. The van der Waals surface area contributed by atoms with E-state index >= 15 is 0 Å². The molecule has 4 N–H and O–H groups in total. The van der Waals surface area contributed by atoms with E-state index in [2.05, 4.69) is 16.8 Å². The minimum Gasteiger partial charge on any atom is -0.507 e. The SMILES string of the molecule is CN1CCN(C2=Nc3ccccc3Oc3ccc(Cl)cc32)CC1.O=C(O)c1cc2ccccc2c(Cc2c(O)c(C(=O)O)cc3ccccc23)c1O. The minimum atomic E-state index is -1.28. The first-order valence-electron chi connectivity index (χ1n) is 16.6. The van der Waals surface area contributed by atoms with Gasteiger partial charge in [0.1, 0.15) is 39.9 Å². The molecule has 0 amide bonds. The van der Waals surface area contributed by atoms with Gasteiger partial charge in [-0.2, -0.15) is 0 Å². The summed E-state index contributed by atoms with van der Waals surface area (Å²) in [6.07, 6.45) is -0.0407. The summed E-state index contributed by atoms with van der Waals surface area (Å²) >= 11 is 6.23. The lowest BCUT2D eigenvalue weighted by atomic mass is 9.90. The van der Waals surface area contributed by atoms with Crippen molar-refractivity contribution in [3.05, 3.63) is 136 Å². The molecule has 6 aromatic carbocycles. The third-order valence-corrected chi connectivity index (χ3v) is 9.60. The summed E-state index contributed by atoms with van der Waals surface area (Å²) in [4.78, 5) is 32.8. The van der Waals surface area contributed by atoms with Gasteiger partial charge in [-0.05, 0) is 71.1 Å². The standard InChI is InChI=1S/C23H16O6.C18H18ClN3O/c24-20-16(14-7-3-1-5-12(14)9-18(20)22(26)27)11-17-15-8-4-2-6-13(15)10-19(21(17)25)23(28)29;1-21-8-10-22(11-9-21)18-14-12-13(19)6-7-16(14)23-17-5-3-2-4-15(17)20-18/h1-10,24-25H,11H2,(H,26,27)(H,28,29);2-7,12H,8-11H2,1H3. The van der Waals surface area contributed by atoms with Crippen molar-refractivity contribution in [2.24, 2.45) is 4.99 Å². The van der Waals surface area contributed by atoms with Crippen LogP contribution in [0.15, 0.2) is 108 Å². The van der Waals surface area contributed by atoms with E-state index in [1.54, 1.807) is 48.5 Å². The number of aliphatic imine (C=N–C) groups is 1. The van der Waals surface area contributed by atoms with Crippen molar-refractivity contribution in [2.45, 2.75) is 6.42 Å². The van der Waals surface area contributed by atoms with Crippen molar-refractivity contribution < 1.29 is 34.8 Å². The Bertz CT molecular complexity index is 2300. The number of aromatic hydroxyl groups is 2. The Morgan fingerprint density at radius 2 is 1.25 bits per heavy atom. The van der Waals surface area contributed by atoms with Gasteiger partial charge in [-0.15, -0.1) is 0 Å². The summed E-state index contributed by atoms with van der Waals surface area (Å²) in [7, 11) is 2.15. The highest BCUT2D eigenvalue weighted by molar-refractivity contribution is 6.31. The smallest absolute Gasteiger partial charge is 0.339 e. The van der Waals surface area contributed by atoms with E-state index in [4.69, 9.17) is 21.3 Å². The van der Waals surface area contributed by atoms with Crippen LogP contribution in [0.3, 0.4) is 0 Å². The Kier molecular flexibility index (Phi) is 9.42. The van der Waals surface area contributed by atoms with Crippen molar-refractivity contribution in [1.82, 2.24) is 9.80 Å². The number of carboxylic acids is 2. The molecule has 0 atom stereocenters.